The average Bonchev–Trinajstić information content (AvgIpc) is 2.54. The highest BCUT2D eigenvalue weighted by atomic mass is 16.2. The predicted molar refractivity (Wildman–Crippen MR) is 92.9 cm³/mol. The molecule has 4 bridgehead atoms. The molecule has 0 saturated heterocycles. The van der Waals surface area contributed by atoms with E-state index in [9.17, 15) is 9.59 Å². The molecular weight excluding hydrogens is 300 g/mol. The van der Waals surface area contributed by atoms with Crippen molar-refractivity contribution >= 4 is 17.5 Å². The predicted octanol–water partition coefficient (Wildman–Crippen LogP) is 3.85. The molecule has 4 aliphatic carbocycles. The molecule has 0 N–H and O–H groups in total. The first-order valence-electron chi connectivity index (χ1n) is 9.30. The number of aromatic nitrogens is 1. The van der Waals surface area contributed by atoms with Gasteiger partial charge >= 0.3 is 0 Å². The second-order valence-corrected chi connectivity index (χ2v) is 8.16. The van der Waals surface area contributed by atoms with E-state index in [1.807, 2.05) is 19.1 Å². The molecular formula is C20H26N2O2. The fourth-order valence-corrected chi connectivity index (χ4v) is 5.99. The van der Waals surface area contributed by atoms with Crippen LogP contribution < -0.4 is 4.90 Å². The number of pyridine rings is 1. The number of amides is 1. The minimum atomic E-state index is -0.192. The van der Waals surface area contributed by atoms with Crippen molar-refractivity contribution < 1.29 is 9.59 Å². The van der Waals surface area contributed by atoms with Crippen LogP contribution in [0.5, 0.6) is 0 Å². The van der Waals surface area contributed by atoms with Gasteiger partial charge in [-0.2, -0.15) is 0 Å². The molecule has 24 heavy (non-hydrogen) atoms. The quantitative estimate of drug-likeness (QED) is 0.790. The minimum Gasteiger partial charge on any atom is -0.297 e. The van der Waals surface area contributed by atoms with E-state index in [4.69, 9.17) is 0 Å². The summed E-state index contributed by atoms with van der Waals surface area (Å²) in [5, 5.41) is 0. The number of carbonyl (C=O) groups excluding carboxylic acids is 2. The summed E-state index contributed by atoms with van der Waals surface area (Å²) >= 11 is 0. The van der Waals surface area contributed by atoms with Crippen LogP contribution in [0.3, 0.4) is 0 Å². The first-order chi connectivity index (χ1) is 11.5. The van der Waals surface area contributed by atoms with Crippen molar-refractivity contribution in [3.63, 3.8) is 0 Å². The van der Waals surface area contributed by atoms with Gasteiger partial charge in [0.2, 0.25) is 5.91 Å². The van der Waals surface area contributed by atoms with Crippen molar-refractivity contribution in [1.82, 2.24) is 4.98 Å². The topological polar surface area (TPSA) is 50.3 Å². The van der Waals surface area contributed by atoms with Gasteiger partial charge in [-0.25, -0.2) is 4.98 Å². The van der Waals surface area contributed by atoms with Crippen LogP contribution in [0.4, 0.5) is 5.82 Å². The highest BCUT2D eigenvalue weighted by molar-refractivity contribution is 6.07. The smallest absolute Gasteiger partial charge is 0.225 e. The van der Waals surface area contributed by atoms with Gasteiger partial charge in [0.25, 0.3) is 0 Å². The van der Waals surface area contributed by atoms with Crippen molar-refractivity contribution in [2.45, 2.75) is 52.4 Å². The maximum atomic E-state index is 13.6. The van der Waals surface area contributed by atoms with Crippen molar-refractivity contribution in [1.29, 1.82) is 0 Å². The van der Waals surface area contributed by atoms with Crippen molar-refractivity contribution in [2.75, 3.05) is 11.4 Å². The van der Waals surface area contributed by atoms with Crippen LogP contribution in [-0.2, 0) is 4.79 Å². The van der Waals surface area contributed by atoms with Crippen LogP contribution in [0.1, 0.15) is 62.7 Å². The first-order valence-corrected chi connectivity index (χ1v) is 9.30. The van der Waals surface area contributed by atoms with E-state index in [-0.39, 0.29) is 17.1 Å². The van der Waals surface area contributed by atoms with Gasteiger partial charge < -0.3 is 0 Å². The summed E-state index contributed by atoms with van der Waals surface area (Å²) in [5.41, 5.74) is 0.458. The zero-order valence-corrected chi connectivity index (χ0v) is 14.6. The Kier molecular flexibility index (Phi) is 3.74. The lowest BCUT2D eigenvalue weighted by Crippen LogP contribution is -2.50. The Labute approximate surface area is 143 Å². The molecule has 0 atom stereocenters. The van der Waals surface area contributed by atoms with Crippen molar-refractivity contribution in [2.24, 2.45) is 23.2 Å². The lowest BCUT2D eigenvalue weighted by Gasteiger charge is -2.56. The molecule has 0 spiro atoms. The molecule has 0 radical (unpaired) electrons. The lowest BCUT2D eigenvalue weighted by atomic mass is 9.48. The molecule has 0 aromatic carbocycles. The fourth-order valence-electron chi connectivity index (χ4n) is 5.99. The van der Waals surface area contributed by atoms with Gasteiger partial charge in [-0.3, -0.25) is 14.5 Å². The number of rotatable bonds is 4. The molecule has 1 aromatic rings. The van der Waals surface area contributed by atoms with E-state index in [0.717, 1.165) is 37.0 Å². The molecule has 1 heterocycles. The molecule has 5 rings (SSSR count). The number of nitrogens with zero attached hydrogens (tertiary/aromatic N) is 2. The Balaban J connectivity index is 1.72. The number of hydrogen-bond acceptors (Lipinski definition) is 3. The third-order valence-corrected chi connectivity index (χ3v) is 6.50. The molecule has 128 valence electrons. The average molecular weight is 326 g/mol. The summed E-state index contributed by atoms with van der Waals surface area (Å²) in [7, 11) is 0. The van der Waals surface area contributed by atoms with Crippen LogP contribution in [0.25, 0.3) is 0 Å². The molecule has 4 nitrogen and oxygen atoms in total. The first kappa shape index (κ1) is 15.8. The van der Waals surface area contributed by atoms with Crippen LogP contribution >= 0.6 is 0 Å². The van der Waals surface area contributed by atoms with Crippen LogP contribution in [-0.4, -0.2) is 23.2 Å². The second-order valence-electron chi connectivity index (χ2n) is 8.16. The van der Waals surface area contributed by atoms with E-state index in [1.54, 1.807) is 11.1 Å². The molecule has 1 aromatic heterocycles. The van der Waals surface area contributed by atoms with E-state index >= 15 is 0 Å². The van der Waals surface area contributed by atoms with E-state index in [0.29, 0.717) is 17.9 Å². The van der Waals surface area contributed by atoms with Gasteiger partial charge in [0.05, 0.1) is 5.56 Å². The molecule has 1 amide bonds. The summed E-state index contributed by atoms with van der Waals surface area (Å²) in [6, 6.07) is 3.69. The molecule has 0 unspecified atom stereocenters. The minimum absolute atomic E-state index is 0.0595. The van der Waals surface area contributed by atoms with Gasteiger partial charge in [0.15, 0.2) is 5.78 Å². The number of carbonyl (C=O) groups is 2. The van der Waals surface area contributed by atoms with E-state index in [1.165, 1.54) is 26.2 Å². The van der Waals surface area contributed by atoms with Gasteiger partial charge in [-0.15, -0.1) is 0 Å². The maximum absolute atomic E-state index is 13.6. The molecule has 4 fully saturated rings. The number of ketones is 1. The number of anilines is 1. The Morgan fingerprint density at radius 1 is 1.17 bits per heavy atom. The Bertz CT molecular complexity index is 647. The monoisotopic (exact) mass is 326 g/mol. The van der Waals surface area contributed by atoms with E-state index in [2.05, 4.69) is 4.98 Å². The van der Waals surface area contributed by atoms with Gasteiger partial charge in [0, 0.05) is 25.1 Å². The summed E-state index contributed by atoms with van der Waals surface area (Å²) in [6.07, 6.45) is 8.76. The zero-order valence-electron chi connectivity index (χ0n) is 14.6. The third-order valence-electron chi connectivity index (χ3n) is 6.50. The molecule has 0 aliphatic heterocycles. The summed E-state index contributed by atoms with van der Waals surface area (Å²) in [6.45, 7) is 4.00. The molecule has 4 saturated carbocycles. The maximum Gasteiger partial charge on any atom is 0.225 e. The number of hydrogen-bond donors (Lipinski definition) is 0. The largest absolute Gasteiger partial charge is 0.297 e. The van der Waals surface area contributed by atoms with Crippen LogP contribution in [0, 0.1) is 23.2 Å². The van der Waals surface area contributed by atoms with Crippen molar-refractivity contribution in [3.05, 3.63) is 23.9 Å². The standard InChI is InChI=1S/C20H26N2O2/c1-3-22(13(2)23)19-17(5-4-6-21-19)18(24)20-10-14-7-15(11-20)9-16(8-14)12-20/h4-6,14-16H,3,7-12H2,1-2H3. The summed E-state index contributed by atoms with van der Waals surface area (Å²) in [4.78, 5) is 31.6. The highest BCUT2D eigenvalue weighted by Crippen LogP contribution is 2.61. The van der Waals surface area contributed by atoms with Crippen molar-refractivity contribution in [3.8, 4) is 0 Å². The molecule has 4 aliphatic rings. The SMILES string of the molecule is CCN(C(C)=O)c1ncccc1C(=O)C12CC3CC(CC(C3)C1)C2. The van der Waals surface area contributed by atoms with Gasteiger partial charge in [0.1, 0.15) is 5.82 Å². The summed E-state index contributed by atoms with van der Waals surface area (Å²) in [5.74, 6) is 2.93. The van der Waals surface area contributed by atoms with Gasteiger partial charge in [-0.05, 0) is 75.3 Å². The Morgan fingerprint density at radius 3 is 2.25 bits per heavy atom. The fraction of sp³-hybridized carbons (Fsp3) is 0.650. The Morgan fingerprint density at radius 2 is 1.75 bits per heavy atom. The lowest BCUT2D eigenvalue weighted by molar-refractivity contribution is -0.116. The molecule has 4 heteroatoms. The summed E-state index contributed by atoms with van der Waals surface area (Å²) < 4.78 is 0. The van der Waals surface area contributed by atoms with Gasteiger partial charge in [-0.1, -0.05) is 0 Å². The third kappa shape index (κ3) is 2.38. The zero-order chi connectivity index (χ0) is 16.9. The number of Topliss-reactive ketones (excluding diaryl/α,β-unsaturated/α-hetero) is 1. The van der Waals surface area contributed by atoms with E-state index < -0.39 is 0 Å². The highest BCUT2D eigenvalue weighted by Gasteiger charge is 2.55. The second kappa shape index (κ2) is 5.68. The van der Waals surface area contributed by atoms with Crippen LogP contribution in [0.15, 0.2) is 18.3 Å². The van der Waals surface area contributed by atoms with Crippen LogP contribution in [0.2, 0.25) is 0 Å². The normalized spacial score (nSPS) is 33.5. The Hall–Kier alpha value is -1.71.